The number of rotatable bonds is 11. The van der Waals surface area contributed by atoms with E-state index in [0.717, 1.165) is 39.2 Å². The van der Waals surface area contributed by atoms with Crippen molar-refractivity contribution in [3.63, 3.8) is 0 Å². The van der Waals surface area contributed by atoms with Crippen molar-refractivity contribution in [3.05, 3.63) is 117 Å². The van der Waals surface area contributed by atoms with Crippen LogP contribution in [0, 0.1) is 13.8 Å². The lowest BCUT2D eigenvalue weighted by molar-refractivity contribution is -0.140. The monoisotopic (exact) mass is 528 g/mol. The molecule has 0 aliphatic carbocycles. The number of hydrogen-bond donors (Lipinski definition) is 2. The van der Waals surface area contributed by atoms with Gasteiger partial charge in [0.2, 0.25) is 0 Å². The van der Waals surface area contributed by atoms with Crippen molar-refractivity contribution in [3.8, 4) is 0 Å². The van der Waals surface area contributed by atoms with Crippen LogP contribution in [0.5, 0.6) is 0 Å². The van der Waals surface area contributed by atoms with E-state index in [1.165, 1.54) is 7.11 Å². The minimum atomic E-state index is -0.477. The van der Waals surface area contributed by atoms with Crippen molar-refractivity contribution in [2.24, 2.45) is 0 Å². The van der Waals surface area contributed by atoms with Crippen molar-refractivity contribution < 1.29 is 28.6 Å². The highest BCUT2D eigenvalue weighted by atomic mass is 16.5. The summed E-state index contributed by atoms with van der Waals surface area (Å²) in [6, 6.07) is 20.8. The SMILES string of the molecule is COC(=O)CCc1c(Cc2cc(C)c(C(=O)OCc3ccccc3)[nH]2)[nH]c(C(=O)OCc2ccccc2)c1C. The van der Waals surface area contributed by atoms with Gasteiger partial charge in [0.25, 0.3) is 0 Å². The summed E-state index contributed by atoms with van der Waals surface area (Å²) in [5, 5.41) is 0. The van der Waals surface area contributed by atoms with E-state index in [0.29, 0.717) is 24.2 Å². The Morgan fingerprint density at radius 3 is 1.90 bits per heavy atom. The van der Waals surface area contributed by atoms with E-state index in [2.05, 4.69) is 9.97 Å². The summed E-state index contributed by atoms with van der Waals surface area (Å²) in [6.45, 7) is 3.99. The third-order valence-electron chi connectivity index (χ3n) is 6.55. The Hall–Kier alpha value is -4.59. The van der Waals surface area contributed by atoms with Crippen LogP contribution in [0.4, 0.5) is 0 Å². The van der Waals surface area contributed by atoms with Crippen molar-refractivity contribution in [2.75, 3.05) is 7.11 Å². The minimum absolute atomic E-state index is 0.148. The van der Waals surface area contributed by atoms with E-state index in [-0.39, 0.29) is 25.6 Å². The molecule has 2 heterocycles. The Morgan fingerprint density at radius 2 is 1.33 bits per heavy atom. The molecule has 0 unspecified atom stereocenters. The van der Waals surface area contributed by atoms with E-state index in [4.69, 9.17) is 14.2 Å². The van der Waals surface area contributed by atoms with E-state index in [1.54, 1.807) is 0 Å². The lowest BCUT2D eigenvalue weighted by Crippen LogP contribution is -2.08. The third kappa shape index (κ3) is 7.04. The molecule has 0 atom stereocenters. The fourth-order valence-electron chi connectivity index (χ4n) is 4.44. The van der Waals surface area contributed by atoms with Crippen LogP contribution in [0.2, 0.25) is 0 Å². The number of nitrogens with one attached hydrogen (secondary N) is 2. The molecule has 0 bridgehead atoms. The molecule has 2 aromatic heterocycles. The van der Waals surface area contributed by atoms with Crippen molar-refractivity contribution in [2.45, 2.75) is 46.3 Å². The molecule has 4 aromatic rings. The molecule has 0 radical (unpaired) electrons. The predicted octanol–water partition coefficient (Wildman–Crippen LogP) is 5.37. The smallest absolute Gasteiger partial charge is 0.355 e. The summed E-state index contributed by atoms with van der Waals surface area (Å²) in [7, 11) is 1.35. The van der Waals surface area contributed by atoms with Gasteiger partial charge in [-0.2, -0.15) is 0 Å². The molecule has 202 valence electrons. The largest absolute Gasteiger partial charge is 0.469 e. The van der Waals surface area contributed by atoms with Gasteiger partial charge in [-0.15, -0.1) is 0 Å². The molecule has 2 N–H and O–H groups in total. The number of esters is 3. The zero-order valence-electron chi connectivity index (χ0n) is 22.3. The molecule has 0 saturated heterocycles. The third-order valence-corrected chi connectivity index (χ3v) is 6.55. The maximum Gasteiger partial charge on any atom is 0.355 e. The Kier molecular flexibility index (Phi) is 8.99. The number of ether oxygens (including phenoxy) is 3. The number of hydrogen-bond acceptors (Lipinski definition) is 6. The molecule has 0 fully saturated rings. The van der Waals surface area contributed by atoms with Gasteiger partial charge in [0, 0.05) is 24.2 Å². The van der Waals surface area contributed by atoms with Crippen LogP contribution < -0.4 is 0 Å². The zero-order chi connectivity index (χ0) is 27.8. The van der Waals surface area contributed by atoms with Gasteiger partial charge in [-0.25, -0.2) is 9.59 Å². The topological polar surface area (TPSA) is 110 Å². The molecule has 0 amide bonds. The number of methoxy groups -OCH3 is 1. The molecule has 8 heteroatoms. The van der Waals surface area contributed by atoms with E-state index < -0.39 is 11.9 Å². The fraction of sp³-hybridized carbons (Fsp3) is 0.258. The minimum Gasteiger partial charge on any atom is -0.469 e. The van der Waals surface area contributed by atoms with Gasteiger partial charge in [-0.05, 0) is 54.2 Å². The van der Waals surface area contributed by atoms with Crippen LogP contribution in [-0.4, -0.2) is 35.0 Å². The number of aromatic amines is 2. The van der Waals surface area contributed by atoms with Gasteiger partial charge < -0.3 is 24.2 Å². The number of carbonyl (C=O) groups excluding carboxylic acids is 3. The zero-order valence-corrected chi connectivity index (χ0v) is 22.3. The second-order valence-electron chi connectivity index (χ2n) is 9.31. The maximum atomic E-state index is 13.0. The molecular formula is C31H32N2O6. The molecule has 0 spiro atoms. The van der Waals surface area contributed by atoms with Gasteiger partial charge in [0.05, 0.1) is 7.11 Å². The Bertz CT molecular complexity index is 1440. The average molecular weight is 529 g/mol. The van der Waals surface area contributed by atoms with Crippen molar-refractivity contribution in [1.82, 2.24) is 9.97 Å². The van der Waals surface area contributed by atoms with Gasteiger partial charge in [-0.3, -0.25) is 4.79 Å². The molecule has 0 aliphatic rings. The van der Waals surface area contributed by atoms with Crippen molar-refractivity contribution in [1.29, 1.82) is 0 Å². The predicted molar refractivity (Wildman–Crippen MR) is 145 cm³/mol. The van der Waals surface area contributed by atoms with E-state index >= 15 is 0 Å². The lowest BCUT2D eigenvalue weighted by Gasteiger charge is -2.06. The average Bonchev–Trinajstić information content (AvgIpc) is 3.48. The first-order chi connectivity index (χ1) is 18.9. The molecular weight excluding hydrogens is 496 g/mol. The van der Waals surface area contributed by atoms with Crippen LogP contribution in [0.15, 0.2) is 66.7 Å². The van der Waals surface area contributed by atoms with E-state index in [9.17, 15) is 14.4 Å². The van der Waals surface area contributed by atoms with Crippen LogP contribution in [0.25, 0.3) is 0 Å². The van der Waals surface area contributed by atoms with Gasteiger partial charge >= 0.3 is 17.9 Å². The second kappa shape index (κ2) is 12.8. The fourth-order valence-corrected chi connectivity index (χ4v) is 4.44. The number of carbonyl (C=O) groups is 3. The van der Waals surface area contributed by atoms with Crippen LogP contribution in [0.3, 0.4) is 0 Å². The highest BCUT2D eigenvalue weighted by Crippen LogP contribution is 2.25. The van der Waals surface area contributed by atoms with Gasteiger partial charge in [0.1, 0.15) is 24.6 Å². The highest BCUT2D eigenvalue weighted by molar-refractivity contribution is 5.90. The molecule has 2 aromatic carbocycles. The molecule has 0 saturated carbocycles. The summed E-state index contributed by atoms with van der Waals surface area (Å²) >= 11 is 0. The van der Waals surface area contributed by atoms with E-state index in [1.807, 2.05) is 80.6 Å². The van der Waals surface area contributed by atoms with Crippen LogP contribution in [0.1, 0.15) is 66.6 Å². The first-order valence-corrected chi connectivity index (χ1v) is 12.7. The van der Waals surface area contributed by atoms with Crippen LogP contribution >= 0.6 is 0 Å². The standard InChI is InChI=1S/C31H32N2O6/c1-20-16-24(32-28(20)30(35)38-18-22-10-6-4-7-11-22)17-26-25(14-15-27(34)37-3)21(2)29(33-26)31(36)39-19-23-12-8-5-9-13-23/h4-13,16,32-33H,14-15,17-19H2,1-3H3. The summed E-state index contributed by atoms with van der Waals surface area (Å²) in [6.07, 6.45) is 0.944. The summed E-state index contributed by atoms with van der Waals surface area (Å²) < 4.78 is 15.8. The number of H-pyrrole nitrogens is 2. The Labute approximate surface area is 227 Å². The summed E-state index contributed by atoms with van der Waals surface area (Å²) in [5.41, 5.74) is 6.34. The quantitative estimate of drug-likeness (QED) is 0.200. The van der Waals surface area contributed by atoms with Gasteiger partial charge in [-0.1, -0.05) is 60.7 Å². The summed E-state index contributed by atoms with van der Waals surface area (Å²) in [5.74, 6) is -1.26. The van der Waals surface area contributed by atoms with Crippen LogP contribution in [-0.2, 0) is 45.1 Å². The summed E-state index contributed by atoms with van der Waals surface area (Å²) in [4.78, 5) is 44.0. The molecule has 4 rings (SSSR count). The van der Waals surface area contributed by atoms with Crippen molar-refractivity contribution >= 4 is 17.9 Å². The molecule has 8 nitrogen and oxygen atoms in total. The molecule has 0 aliphatic heterocycles. The normalized spacial score (nSPS) is 10.7. The first kappa shape index (κ1) is 27.4. The second-order valence-corrected chi connectivity index (χ2v) is 9.31. The Morgan fingerprint density at radius 1 is 0.769 bits per heavy atom. The molecule has 39 heavy (non-hydrogen) atoms. The first-order valence-electron chi connectivity index (χ1n) is 12.7. The Balaban J connectivity index is 1.52. The van der Waals surface area contributed by atoms with Gasteiger partial charge in [0.15, 0.2) is 0 Å². The maximum absolute atomic E-state index is 13.0. The number of aryl methyl sites for hydroxylation is 1. The lowest BCUT2D eigenvalue weighted by atomic mass is 10.0. The number of benzene rings is 2. The number of aromatic nitrogens is 2. The highest BCUT2D eigenvalue weighted by Gasteiger charge is 2.23.